The van der Waals surface area contributed by atoms with E-state index in [1.165, 1.54) is 18.5 Å². The fourth-order valence-corrected chi connectivity index (χ4v) is 2.69. The molecule has 116 valence electrons. The van der Waals surface area contributed by atoms with Crippen LogP contribution in [0.5, 0.6) is 0 Å². The van der Waals surface area contributed by atoms with Gasteiger partial charge in [-0.2, -0.15) is 14.9 Å². The zero-order valence-corrected chi connectivity index (χ0v) is 13.8. The van der Waals surface area contributed by atoms with Crippen molar-refractivity contribution < 1.29 is 0 Å². The highest BCUT2D eigenvalue weighted by molar-refractivity contribution is 7.71. The Hall–Kier alpha value is -1.95. The van der Waals surface area contributed by atoms with Crippen molar-refractivity contribution in [3.8, 4) is 0 Å². The van der Waals surface area contributed by atoms with E-state index < -0.39 is 0 Å². The molecule has 2 aromatic rings. The first kappa shape index (κ1) is 15.0. The predicted molar refractivity (Wildman–Crippen MR) is 92.4 cm³/mol. The average Bonchev–Trinajstić information content (AvgIpc) is 3.32. The molecule has 1 N–H and O–H groups in total. The maximum atomic E-state index is 5.25. The second-order valence-electron chi connectivity index (χ2n) is 5.48. The lowest BCUT2D eigenvalue weighted by molar-refractivity contribution is 0.773. The van der Waals surface area contributed by atoms with Crippen LogP contribution in [0.15, 0.2) is 29.4 Å². The molecule has 0 spiro atoms. The van der Waals surface area contributed by atoms with Crippen LogP contribution in [0.2, 0.25) is 0 Å². The van der Waals surface area contributed by atoms with Crippen LogP contribution in [0.1, 0.15) is 44.0 Å². The third-order valence-corrected chi connectivity index (χ3v) is 4.23. The van der Waals surface area contributed by atoms with Crippen molar-refractivity contribution in [1.29, 1.82) is 0 Å². The lowest BCUT2D eigenvalue weighted by Crippen LogP contribution is -2.21. The predicted octanol–water partition coefficient (Wildman–Crippen LogP) is 3.55. The first-order valence-electron chi connectivity index (χ1n) is 7.79. The lowest BCUT2D eigenvalue weighted by atomic mass is 10.2. The van der Waals surface area contributed by atoms with Gasteiger partial charge < -0.3 is 4.90 Å². The first-order chi connectivity index (χ1) is 10.7. The van der Waals surface area contributed by atoms with E-state index in [0.717, 1.165) is 24.5 Å². The van der Waals surface area contributed by atoms with Gasteiger partial charge >= 0.3 is 0 Å². The highest BCUT2D eigenvalue weighted by Crippen LogP contribution is 2.38. The summed E-state index contributed by atoms with van der Waals surface area (Å²) in [5.41, 5.74) is 2.29. The molecule has 1 fully saturated rings. The van der Waals surface area contributed by atoms with Gasteiger partial charge in [-0.1, -0.05) is 12.1 Å². The van der Waals surface area contributed by atoms with Gasteiger partial charge in [0.25, 0.3) is 0 Å². The average molecular weight is 315 g/mol. The number of benzene rings is 1. The number of nitrogens with zero attached hydrogens (tertiary/aromatic N) is 4. The molecule has 0 atom stereocenters. The Morgan fingerprint density at radius 3 is 2.59 bits per heavy atom. The van der Waals surface area contributed by atoms with Gasteiger partial charge in [-0.15, -0.1) is 0 Å². The molecule has 1 aromatic carbocycles. The van der Waals surface area contributed by atoms with Crippen LogP contribution < -0.4 is 4.90 Å². The van der Waals surface area contributed by atoms with E-state index in [9.17, 15) is 0 Å². The summed E-state index contributed by atoms with van der Waals surface area (Å²) in [4.78, 5) is 2.32. The largest absolute Gasteiger partial charge is 0.372 e. The van der Waals surface area contributed by atoms with Crippen LogP contribution in [0.3, 0.4) is 0 Å². The topological polar surface area (TPSA) is 49.2 Å². The highest BCUT2D eigenvalue weighted by Gasteiger charge is 2.29. The van der Waals surface area contributed by atoms with E-state index in [1.54, 1.807) is 4.68 Å². The second-order valence-corrected chi connectivity index (χ2v) is 5.87. The van der Waals surface area contributed by atoms with E-state index in [4.69, 9.17) is 12.2 Å². The summed E-state index contributed by atoms with van der Waals surface area (Å²) in [5.74, 6) is 1.45. The van der Waals surface area contributed by atoms with Gasteiger partial charge in [0.05, 0.1) is 6.21 Å². The van der Waals surface area contributed by atoms with E-state index in [0.29, 0.717) is 10.7 Å². The minimum Gasteiger partial charge on any atom is -0.372 e. The molecule has 0 unspecified atom stereocenters. The van der Waals surface area contributed by atoms with Crippen molar-refractivity contribution in [3.63, 3.8) is 0 Å². The fraction of sp³-hybridized carbons (Fsp3) is 0.438. The van der Waals surface area contributed by atoms with E-state index >= 15 is 0 Å². The van der Waals surface area contributed by atoms with E-state index in [1.807, 2.05) is 6.21 Å². The zero-order chi connectivity index (χ0) is 15.5. The summed E-state index contributed by atoms with van der Waals surface area (Å²) in [5, 5.41) is 11.6. The van der Waals surface area contributed by atoms with Crippen molar-refractivity contribution in [2.45, 2.75) is 32.6 Å². The summed E-state index contributed by atoms with van der Waals surface area (Å²) < 4.78 is 2.29. The maximum Gasteiger partial charge on any atom is 0.216 e. The molecule has 5 nitrogen and oxygen atoms in total. The van der Waals surface area contributed by atoms with Crippen molar-refractivity contribution >= 4 is 24.1 Å². The van der Waals surface area contributed by atoms with Gasteiger partial charge in [-0.05, 0) is 56.6 Å². The Labute approximate surface area is 135 Å². The third-order valence-electron chi connectivity index (χ3n) is 3.96. The molecule has 0 aliphatic heterocycles. The monoisotopic (exact) mass is 315 g/mol. The Morgan fingerprint density at radius 1 is 1.32 bits per heavy atom. The molecule has 0 radical (unpaired) electrons. The zero-order valence-electron chi connectivity index (χ0n) is 13.0. The molecule has 1 aliphatic rings. The van der Waals surface area contributed by atoms with Gasteiger partial charge in [0, 0.05) is 24.7 Å². The standard InChI is InChI=1S/C16H21N5S/c1-3-20(4-2)14-9-5-12(6-10-14)11-17-21-15(13-7-8-13)18-19-16(21)22/h5-6,9-11,13H,3-4,7-8H2,1-2H3,(H,19,22)/b17-11-. The summed E-state index contributed by atoms with van der Waals surface area (Å²) >= 11 is 5.25. The maximum absolute atomic E-state index is 5.25. The molecule has 0 saturated heterocycles. The number of anilines is 1. The second kappa shape index (κ2) is 6.44. The molecule has 22 heavy (non-hydrogen) atoms. The summed E-state index contributed by atoms with van der Waals surface area (Å²) in [6, 6.07) is 8.42. The third kappa shape index (κ3) is 3.11. The SMILES string of the molecule is CCN(CC)c1ccc(/C=N\n2c(C3CC3)n[nH]c2=S)cc1. The quantitative estimate of drug-likeness (QED) is 0.655. The molecular weight excluding hydrogens is 294 g/mol. The van der Waals surface area contributed by atoms with Gasteiger partial charge in [0.2, 0.25) is 4.77 Å². The highest BCUT2D eigenvalue weighted by atomic mass is 32.1. The van der Waals surface area contributed by atoms with Gasteiger partial charge in [-0.25, -0.2) is 0 Å². The van der Waals surface area contributed by atoms with Crippen LogP contribution >= 0.6 is 12.2 Å². The minimum absolute atomic E-state index is 0.509. The molecule has 0 amide bonds. The summed E-state index contributed by atoms with van der Waals surface area (Å²) in [6.07, 6.45) is 4.19. The van der Waals surface area contributed by atoms with Crippen molar-refractivity contribution in [2.24, 2.45) is 5.10 Å². The molecule has 3 rings (SSSR count). The van der Waals surface area contributed by atoms with Gasteiger partial charge in [-0.3, -0.25) is 5.10 Å². The Kier molecular flexibility index (Phi) is 4.38. The summed E-state index contributed by atoms with van der Waals surface area (Å²) in [7, 11) is 0. The van der Waals surface area contributed by atoms with Crippen LogP contribution in [-0.4, -0.2) is 34.2 Å². The van der Waals surface area contributed by atoms with Crippen LogP contribution in [0.25, 0.3) is 0 Å². The van der Waals surface area contributed by atoms with E-state index in [2.05, 4.69) is 58.3 Å². The van der Waals surface area contributed by atoms with Crippen molar-refractivity contribution in [1.82, 2.24) is 14.9 Å². The number of H-pyrrole nitrogens is 1. The molecule has 1 aliphatic carbocycles. The Bertz CT molecular complexity index is 705. The molecule has 1 saturated carbocycles. The van der Waals surface area contributed by atoms with Crippen LogP contribution in [0.4, 0.5) is 5.69 Å². The first-order valence-corrected chi connectivity index (χ1v) is 8.20. The number of nitrogens with one attached hydrogen (secondary N) is 1. The smallest absolute Gasteiger partial charge is 0.216 e. The number of aromatic amines is 1. The lowest BCUT2D eigenvalue weighted by Gasteiger charge is -2.20. The fourth-order valence-electron chi connectivity index (χ4n) is 2.51. The Balaban J connectivity index is 1.78. The molecule has 6 heteroatoms. The molecule has 1 heterocycles. The van der Waals surface area contributed by atoms with Crippen LogP contribution in [0, 0.1) is 4.77 Å². The number of hydrogen-bond donors (Lipinski definition) is 1. The molecular formula is C16H21N5S. The van der Waals surface area contributed by atoms with E-state index in [-0.39, 0.29) is 0 Å². The number of hydrogen-bond acceptors (Lipinski definition) is 4. The van der Waals surface area contributed by atoms with Crippen molar-refractivity contribution in [2.75, 3.05) is 18.0 Å². The van der Waals surface area contributed by atoms with Crippen molar-refractivity contribution in [3.05, 3.63) is 40.4 Å². The normalized spacial score (nSPS) is 14.6. The van der Waals surface area contributed by atoms with Gasteiger partial charge in [0.1, 0.15) is 0 Å². The minimum atomic E-state index is 0.509. The Morgan fingerprint density at radius 2 is 2.00 bits per heavy atom. The molecule has 1 aromatic heterocycles. The summed E-state index contributed by atoms with van der Waals surface area (Å²) in [6.45, 7) is 6.36. The molecule has 0 bridgehead atoms. The van der Waals surface area contributed by atoms with Gasteiger partial charge in [0.15, 0.2) is 5.82 Å². The number of rotatable bonds is 6. The van der Waals surface area contributed by atoms with Crippen LogP contribution in [-0.2, 0) is 0 Å². The number of aromatic nitrogens is 3.